The maximum atomic E-state index is 10.5. The average molecular weight is 253 g/mol. The second-order valence-electron chi connectivity index (χ2n) is 3.14. The van der Waals surface area contributed by atoms with Crippen LogP contribution in [-0.2, 0) is 4.79 Å². The molecule has 1 N–H and O–H groups in total. The Balaban J connectivity index is 2.77. The summed E-state index contributed by atoms with van der Waals surface area (Å²) < 4.78 is 10.2. The molecule has 0 heterocycles. The normalized spacial score (nSPS) is 10.3. The first-order valence-electron chi connectivity index (χ1n) is 4.89. The van der Waals surface area contributed by atoms with Crippen molar-refractivity contribution in [1.82, 2.24) is 0 Å². The van der Waals surface area contributed by atoms with E-state index in [1.807, 2.05) is 0 Å². The third kappa shape index (κ3) is 3.78. The number of nitro benzene ring substituents is 1. The number of non-ortho nitro benzene ring substituents is 1. The molecule has 7 nitrogen and oxygen atoms in total. The minimum absolute atomic E-state index is 0.0282. The van der Waals surface area contributed by atoms with Crippen LogP contribution in [0.3, 0.4) is 0 Å². The molecule has 0 unspecified atom stereocenters. The van der Waals surface area contributed by atoms with Crippen LogP contribution in [0.1, 0.15) is 0 Å². The van der Waals surface area contributed by atoms with Gasteiger partial charge in [0.1, 0.15) is 6.61 Å². The summed E-state index contributed by atoms with van der Waals surface area (Å²) >= 11 is 0. The fourth-order valence-electron chi connectivity index (χ4n) is 1.18. The van der Waals surface area contributed by atoms with Gasteiger partial charge in [-0.15, -0.1) is 0 Å². The van der Waals surface area contributed by atoms with Gasteiger partial charge in [0.15, 0.2) is 11.5 Å². The lowest BCUT2D eigenvalue weighted by Crippen LogP contribution is -1.98. The Morgan fingerprint density at radius 1 is 1.50 bits per heavy atom. The van der Waals surface area contributed by atoms with Gasteiger partial charge in [0.2, 0.25) is 0 Å². The van der Waals surface area contributed by atoms with E-state index in [-0.39, 0.29) is 18.0 Å². The zero-order chi connectivity index (χ0) is 13.5. The van der Waals surface area contributed by atoms with Crippen LogP contribution in [0.25, 0.3) is 0 Å². The number of carbonyl (C=O) groups is 1. The monoisotopic (exact) mass is 253 g/mol. The van der Waals surface area contributed by atoms with E-state index in [0.29, 0.717) is 5.75 Å². The minimum atomic E-state index is -1.07. The molecule has 0 atom stereocenters. The second-order valence-corrected chi connectivity index (χ2v) is 3.14. The number of hydrogen-bond acceptors (Lipinski definition) is 5. The van der Waals surface area contributed by atoms with Crippen molar-refractivity contribution in [2.75, 3.05) is 13.7 Å². The molecule has 96 valence electrons. The molecule has 0 bridgehead atoms. The highest BCUT2D eigenvalue weighted by molar-refractivity contribution is 5.79. The Kier molecular flexibility index (Phi) is 4.67. The highest BCUT2D eigenvalue weighted by atomic mass is 16.6. The van der Waals surface area contributed by atoms with Crippen molar-refractivity contribution in [3.63, 3.8) is 0 Å². The van der Waals surface area contributed by atoms with E-state index in [4.69, 9.17) is 14.6 Å². The Morgan fingerprint density at radius 3 is 2.78 bits per heavy atom. The summed E-state index contributed by atoms with van der Waals surface area (Å²) in [5, 5.41) is 18.9. The van der Waals surface area contributed by atoms with Crippen molar-refractivity contribution >= 4 is 11.7 Å². The number of rotatable bonds is 6. The highest BCUT2D eigenvalue weighted by Crippen LogP contribution is 2.30. The largest absolute Gasteiger partial charge is 0.493 e. The lowest BCUT2D eigenvalue weighted by atomic mass is 10.3. The number of nitro groups is 1. The second kappa shape index (κ2) is 6.24. The van der Waals surface area contributed by atoms with E-state index in [1.165, 1.54) is 31.4 Å². The van der Waals surface area contributed by atoms with E-state index < -0.39 is 10.9 Å². The topological polar surface area (TPSA) is 98.9 Å². The summed E-state index contributed by atoms with van der Waals surface area (Å²) in [5.41, 5.74) is -0.111. The van der Waals surface area contributed by atoms with Crippen LogP contribution in [0, 0.1) is 10.1 Å². The summed E-state index contributed by atoms with van der Waals surface area (Å²) in [6.45, 7) is 0.0282. The molecular formula is C11H11NO6. The molecule has 1 rings (SSSR count). The SMILES string of the molecule is COc1cc([N+](=O)[O-])ccc1OCC=CC(=O)O. The van der Waals surface area contributed by atoms with Crippen LogP contribution in [-0.4, -0.2) is 29.7 Å². The third-order valence-electron chi connectivity index (χ3n) is 1.95. The number of nitrogens with zero attached hydrogens (tertiary/aromatic N) is 1. The number of benzene rings is 1. The van der Waals surface area contributed by atoms with E-state index >= 15 is 0 Å². The summed E-state index contributed by atoms with van der Waals surface area (Å²) in [6.07, 6.45) is 2.25. The smallest absolute Gasteiger partial charge is 0.328 e. The molecule has 0 aliphatic rings. The summed E-state index contributed by atoms with van der Waals surface area (Å²) in [5.74, 6) is -0.555. The predicted molar refractivity (Wildman–Crippen MR) is 61.9 cm³/mol. The maximum absolute atomic E-state index is 10.5. The zero-order valence-electron chi connectivity index (χ0n) is 9.53. The molecule has 1 aromatic carbocycles. The van der Waals surface area contributed by atoms with Gasteiger partial charge in [-0.3, -0.25) is 10.1 Å². The number of hydrogen-bond donors (Lipinski definition) is 1. The van der Waals surface area contributed by atoms with Crippen LogP contribution in [0.15, 0.2) is 30.4 Å². The summed E-state index contributed by atoms with van der Waals surface area (Å²) in [6, 6.07) is 3.90. The fourth-order valence-corrected chi connectivity index (χ4v) is 1.18. The molecule has 0 radical (unpaired) electrons. The van der Waals surface area contributed by atoms with Crippen LogP contribution in [0.4, 0.5) is 5.69 Å². The Labute approximate surface area is 102 Å². The van der Waals surface area contributed by atoms with Crippen LogP contribution in [0.5, 0.6) is 11.5 Å². The summed E-state index contributed by atoms with van der Waals surface area (Å²) in [7, 11) is 1.36. The van der Waals surface area contributed by atoms with Gasteiger partial charge in [-0.2, -0.15) is 0 Å². The first kappa shape index (κ1) is 13.5. The van der Waals surface area contributed by atoms with Crippen molar-refractivity contribution < 1.29 is 24.3 Å². The Bertz CT molecular complexity index is 482. The number of ether oxygens (including phenoxy) is 2. The average Bonchev–Trinajstić information content (AvgIpc) is 2.34. The van der Waals surface area contributed by atoms with E-state index in [9.17, 15) is 14.9 Å². The van der Waals surface area contributed by atoms with Gasteiger partial charge in [-0.25, -0.2) is 4.79 Å². The molecular weight excluding hydrogens is 242 g/mol. The van der Waals surface area contributed by atoms with Gasteiger partial charge in [0, 0.05) is 12.1 Å². The van der Waals surface area contributed by atoms with Gasteiger partial charge in [-0.05, 0) is 12.1 Å². The predicted octanol–water partition coefficient (Wildman–Crippen LogP) is 1.62. The third-order valence-corrected chi connectivity index (χ3v) is 1.95. The van der Waals surface area contributed by atoms with Crippen LogP contribution < -0.4 is 9.47 Å². The van der Waals surface area contributed by atoms with Crippen molar-refractivity contribution in [2.45, 2.75) is 0 Å². The molecule has 0 spiro atoms. The van der Waals surface area contributed by atoms with Crippen molar-refractivity contribution in [1.29, 1.82) is 0 Å². The number of carboxylic acids is 1. The first-order chi connectivity index (χ1) is 8.54. The molecule has 0 aliphatic heterocycles. The molecule has 18 heavy (non-hydrogen) atoms. The number of aliphatic carboxylic acids is 1. The first-order valence-corrected chi connectivity index (χ1v) is 4.89. The van der Waals surface area contributed by atoms with Gasteiger partial charge < -0.3 is 14.6 Å². The van der Waals surface area contributed by atoms with Gasteiger partial charge >= 0.3 is 5.97 Å². The van der Waals surface area contributed by atoms with Gasteiger partial charge in [0.05, 0.1) is 18.1 Å². The fraction of sp³-hybridized carbons (Fsp3) is 0.182. The molecule has 0 saturated carbocycles. The quantitative estimate of drug-likeness (QED) is 0.470. The summed E-state index contributed by atoms with van der Waals surface area (Å²) in [4.78, 5) is 20.2. The highest BCUT2D eigenvalue weighted by Gasteiger charge is 2.11. The molecule has 0 fully saturated rings. The molecule has 7 heteroatoms. The van der Waals surface area contributed by atoms with E-state index in [1.54, 1.807) is 0 Å². The Hall–Kier alpha value is -2.57. The molecule has 0 amide bonds. The van der Waals surface area contributed by atoms with Crippen molar-refractivity contribution in [3.05, 3.63) is 40.5 Å². The molecule has 1 aromatic rings. The number of carboxylic acid groups (broad SMARTS) is 1. The van der Waals surface area contributed by atoms with Crippen molar-refractivity contribution in [3.8, 4) is 11.5 Å². The minimum Gasteiger partial charge on any atom is -0.493 e. The number of methoxy groups -OCH3 is 1. The zero-order valence-corrected chi connectivity index (χ0v) is 9.53. The molecule has 0 aromatic heterocycles. The molecule has 0 saturated heterocycles. The van der Waals surface area contributed by atoms with Gasteiger partial charge in [-0.1, -0.05) is 0 Å². The lowest BCUT2D eigenvalue weighted by molar-refractivity contribution is -0.384. The van der Waals surface area contributed by atoms with E-state index in [2.05, 4.69) is 0 Å². The standard InChI is InChI=1S/C11H11NO6/c1-17-10-7-8(12(15)16)4-5-9(10)18-6-2-3-11(13)14/h2-5,7H,6H2,1H3,(H,13,14). The maximum Gasteiger partial charge on any atom is 0.328 e. The molecule has 0 aliphatic carbocycles. The van der Waals surface area contributed by atoms with Crippen LogP contribution >= 0.6 is 0 Å². The Morgan fingerprint density at radius 2 is 2.22 bits per heavy atom. The van der Waals surface area contributed by atoms with Crippen LogP contribution in [0.2, 0.25) is 0 Å². The lowest BCUT2D eigenvalue weighted by Gasteiger charge is -2.08. The van der Waals surface area contributed by atoms with Gasteiger partial charge in [0.25, 0.3) is 5.69 Å². The van der Waals surface area contributed by atoms with E-state index in [0.717, 1.165) is 6.08 Å². The van der Waals surface area contributed by atoms with Crippen molar-refractivity contribution in [2.24, 2.45) is 0 Å².